The van der Waals surface area contributed by atoms with Gasteiger partial charge in [-0.1, -0.05) is 91.0 Å². The Morgan fingerprint density at radius 2 is 1.49 bits per heavy atom. The number of phenols is 1. The molecular formula is C49H52N4O6. The summed E-state index contributed by atoms with van der Waals surface area (Å²) in [6, 6.07) is 42.1. The van der Waals surface area contributed by atoms with E-state index in [9.17, 15) is 19.5 Å². The summed E-state index contributed by atoms with van der Waals surface area (Å²) >= 11 is 0. The fraction of sp³-hybridized carbons (Fsp3) is 0.286. The standard InChI is InChI=1S/C49H52N4O6/c54-44-20-18-38(43-19-21-45(55)52-47(43)44)23-27-50-26-22-35-14-16-40(17-15-35)48(56)51-28-31-58-42-13-7-12-41(32-42)46(39-10-5-2-6-11-39)49(57)59-34-37-24-29-53(30-25-37)33-36-8-3-1-4-9-36/h1-21,32,37,46,50,54H,22-31,33-34H2,(H,51,56)(H,52,55). The number of hydrogen-bond donors (Lipinski definition) is 4. The molecule has 1 aliphatic rings. The lowest BCUT2D eigenvalue weighted by atomic mass is 9.91. The number of amides is 1. The van der Waals surface area contributed by atoms with Gasteiger partial charge in [0.25, 0.3) is 5.91 Å². The molecule has 1 unspecified atom stereocenters. The number of esters is 1. The van der Waals surface area contributed by atoms with Gasteiger partial charge in [0, 0.05) is 23.6 Å². The van der Waals surface area contributed by atoms with Crippen LogP contribution in [0.3, 0.4) is 0 Å². The predicted octanol–water partition coefficient (Wildman–Crippen LogP) is 7.00. The van der Waals surface area contributed by atoms with Gasteiger partial charge < -0.3 is 30.2 Å². The molecule has 1 aromatic heterocycles. The number of aromatic amines is 1. The Morgan fingerprint density at radius 1 is 0.763 bits per heavy atom. The maximum Gasteiger partial charge on any atom is 0.317 e. The molecule has 1 amide bonds. The van der Waals surface area contributed by atoms with Crippen molar-refractivity contribution in [3.8, 4) is 11.5 Å². The summed E-state index contributed by atoms with van der Waals surface area (Å²) in [5.74, 6) is -0.0244. The second-order valence-electron chi connectivity index (χ2n) is 15.2. The lowest BCUT2D eigenvalue weighted by molar-refractivity contribution is -0.146. The van der Waals surface area contributed by atoms with Gasteiger partial charge in [-0.25, -0.2) is 0 Å². The number of carbonyl (C=O) groups is 2. The number of phenolic OH excluding ortho intramolecular Hbond substituents is 1. The molecule has 1 aliphatic heterocycles. The van der Waals surface area contributed by atoms with Gasteiger partial charge in [0.1, 0.15) is 24.0 Å². The molecule has 10 nitrogen and oxygen atoms in total. The maximum absolute atomic E-state index is 13.7. The SMILES string of the molecule is O=C(NCCOc1cccc(C(C(=O)OCC2CCN(Cc3ccccc3)CC2)c2ccccc2)c1)c1ccc(CCNCCc2ccc(O)c3[nH]c(=O)ccc23)cc1. The highest BCUT2D eigenvalue weighted by atomic mass is 16.5. The number of hydrogen-bond acceptors (Lipinski definition) is 8. The van der Waals surface area contributed by atoms with Gasteiger partial charge in [0.05, 0.1) is 18.7 Å². The molecular weight excluding hydrogens is 741 g/mol. The quantitative estimate of drug-likeness (QED) is 0.0541. The van der Waals surface area contributed by atoms with Gasteiger partial charge in [-0.15, -0.1) is 0 Å². The van der Waals surface area contributed by atoms with Crippen LogP contribution in [0, 0.1) is 5.92 Å². The van der Waals surface area contributed by atoms with E-state index < -0.39 is 5.92 Å². The summed E-state index contributed by atoms with van der Waals surface area (Å²) < 4.78 is 12.1. The van der Waals surface area contributed by atoms with Crippen LogP contribution in [0.2, 0.25) is 0 Å². The molecule has 0 bridgehead atoms. The largest absolute Gasteiger partial charge is 0.506 e. The highest BCUT2D eigenvalue weighted by Gasteiger charge is 2.27. The molecule has 4 N–H and O–H groups in total. The number of nitrogens with zero attached hydrogens (tertiary/aromatic N) is 1. The third-order valence-electron chi connectivity index (χ3n) is 11.0. The predicted molar refractivity (Wildman–Crippen MR) is 231 cm³/mol. The fourth-order valence-electron chi connectivity index (χ4n) is 7.68. The molecule has 0 spiro atoms. The van der Waals surface area contributed by atoms with Crippen molar-refractivity contribution < 1.29 is 24.2 Å². The monoisotopic (exact) mass is 792 g/mol. The summed E-state index contributed by atoms with van der Waals surface area (Å²) in [6.07, 6.45) is 3.54. The van der Waals surface area contributed by atoms with E-state index in [0.717, 1.165) is 86.0 Å². The number of likely N-dealkylation sites (tertiary alicyclic amines) is 1. The van der Waals surface area contributed by atoms with E-state index in [2.05, 4.69) is 44.8 Å². The van der Waals surface area contributed by atoms with E-state index in [1.165, 1.54) is 11.6 Å². The van der Waals surface area contributed by atoms with Crippen molar-refractivity contribution in [1.82, 2.24) is 20.5 Å². The van der Waals surface area contributed by atoms with Crippen LogP contribution < -0.4 is 20.9 Å². The number of carbonyl (C=O) groups excluding carboxylic acids is 2. The first-order valence-electron chi connectivity index (χ1n) is 20.5. The van der Waals surface area contributed by atoms with Crippen LogP contribution in [0.1, 0.15) is 56.9 Å². The summed E-state index contributed by atoms with van der Waals surface area (Å²) in [7, 11) is 0. The van der Waals surface area contributed by atoms with Crippen LogP contribution in [0.5, 0.6) is 11.5 Å². The van der Waals surface area contributed by atoms with E-state index in [-0.39, 0.29) is 29.8 Å². The van der Waals surface area contributed by atoms with E-state index in [1.807, 2.05) is 91.0 Å². The fourth-order valence-corrected chi connectivity index (χ4v) is 7.68. The Labute approximate surface area is 345 Å². The molecule has 1 saturated heterocycles. The van der Waals surface area contributed by atoms with Crippen LogP contribution in [-0.2, 0) is 28.9 Å². The molecule has 5 aromatic carbocycles. The van der Waals surface area contributed by atoms with Crippen molar-refractivity contribution in [1.29, 1.82) is 0 Å². The number of rotatable bonds is 18. The molecule has 6 aromatic rings. The van der Waals surface area contributed by atoms with E-state index in [1.54, 1.807) is 12.1 Å². The van der Waals surface area contributed by atoms with Gasteiger partial charge >= 0.3 is 5.97 Å². The van der Waals surface area contributed by atoms with Crippen LogP contribution in [0.25, 0.3) is 10.9 Å². The summed E-state index contributed by atoms with van der Waals surface area (Å²) in [5.41, 5.74) is 5.92. The van der Waals surface area contributed by atoms with Crippen molar-refractivity contribution >= 4 is 22.8 Å². The van der Waals surface area contributed by atoms with Crippen molar-refractivity contribution in [3.63, 3.8) is 0 Å². The van der Waals surface area contributed by atoms with Gasteiger partial charge in [0.15, 0.2) is 0 Å². The maximum atomic E-state index is 13.7. The first-order chi connectivity index (χ1) is 28.9. The van der Waals surface area contributed by atoms with Crippen molar-refractivity contribution in [2.75, 3.05) is 45.9 Å². The minimum atomic E-state index is -0.587. The topological polar surface area (TPSA) is 133 Å². The first-order valence-corrected chi connectivity index (χ1v) is 20.5. The molecule has 0 aliphatic carbocycles. The number of nitrogens with one attached hydrogen (secondary N) is 3. The third-order valence-corrected chi connectivity index (χ3v) is 11.0. The average molecular weight is 793 g/mol. The van der Waals surface area contributed by atoms with Gasteiger partial charge in [0.2, 0.25) is 5.56 Å². The number of aromatic hydroxyl groups is 1. The van der Waals surface area contributed by atoms with Gasteiger partial charge in [-0.05, 0) is 122 Å². The minimum absolute atomic E-state index is 0.0621. The Morgan fingerprint density at radius 3 is 2.27 bits per heavy atom. The van der Waals surface area contributed by atoms with Crippen LogP contribution in [-0.4, -0.2) is 72.8 Å². The van der Waals surface area contributed by atoms with Crippen molar-refractivity contribution in [3.05, 3.63) is 177 Å². The second kappa shape index (κ2) is 20.5. The molecule has 0 radical (unpaired) electrons. The number of benzene rings is 5. The molecule has 2 heterocycles. The number of ether oxygens (including phenoxy) is 2. The Bertz CT molecular complexity index is 2340. The molecule has 1 atom stereocenters. The number of H-pyrrole nitrogens is 1. The lowest BCUT2D eigenvalue weighted by Gasteiger charge is -2.32. The number of pyridine rings is 1. The van der Waals surface area contributed by atoms with Crippen LogP contribution in [0.15, 0.2) is 138 Å². The highest BCUT2D eigenvalue weighted by molar-refractivity contribution is 5.94. The molecule has 7 rings (SSSR count). The zero-order chi connectivity index (χ0) is 40.8. The average Bonchev–Trinajstić information content (AvgIpc) is 3.27. The minimum Gasteiger partial charge on any atom is -0.506 e. The number of aromatic nitrogens is 1. The zero-order valence-corrected chi connectivity index (χ0v) is 33.3. The Hall–Kier alpha value is -6.23. The van der Waals surface area contributed by atoms with E-state index in [0.29, 0.717) is 35.9 Å². The molecule has 304 valence electrons. The van der Waals surface area contributed by atoms with Gasteiger partial charge in [-0.3, -0.25) is 19.3 Å². The number of piperidine rings is 1. The molecule has 0 saturated carbocycles. The second-order valence-corrected chi connectivity index (χ2v) is 15.2. The van der Waals surface area contributed by atoms with E-state index >= 15 is 0 Å². The van der Waals surface area contributed by atoms with Crippen LogP contribution >= 0.6 is 0 Å². The zero-order valence-electron chi connectivity index (χ0n) is 33.3. The normalized spacial score (nSPS) is 13.8. The Balaban J connectivity index is 0.836. The van der Waals surface area contributed by atoms with Crippen LogP contribution in [0.4, 0.5) is 0 Å². The smallest absolute Gasteiger partial charge is 0.317 e. The van der Waals surface area contributed by atoms with Crippen molar-refractivity contribution in [2.45, 2.75) is 38.1 Å². The Kier molecular flexibility index (Phi) is 14.2. The summed E-state index contributed by atoms with van der Waals surface area (Å²) in [4.78, 5) is 43.5. The van der Waals surface area contributed by atoms with Crippen molar-refractivity contribution in [2.24, 2.45) is 5.92 Å². The van der Waals surface area contributed by atoms with E-state index in [4.69, 9.17) is 9.47 Å². The molecule has 1 fully saturated rings. The molecule has 59 heavy (non-hydrogen) atoms. The number of fused-ring (bicyclic) bond motifs is 1. The first kappa shape index (κ1) is 40.9. The summed E-state index contributed by atoms with van der Waals surface area (Å²) in [6.45, 7) is 5.40. The van der Waals surface area contributed by atoms with Gasteiger partial charge in [-0.2, -0.15) is 0 Å². The highest BCUT2D eigenvalue weighted by Crippen LogP contribution is 2.30. The molecule has 10 heteroatoms. The lowest BCUT2D eigenvalue weighted by Crippen LogP contribution is -2.35. The third kappa shape index (κ3) is 11.5. The summed E-state index contributed by atoms with van der Waals surface area (Å²) in [5, 5.41) is 17.3.